The molecule has 1 atom stereocenters. The van der Waals surface area contributed by atoms with Crippen LogP contribution >= 0.6 is 0 Å². The molecule has 0 saturated heterocycles. The SMILES string of the molecule is Cc1cccc(C(N)c2ccc(F)c(C(F)(F)F)c2)c1C. The molecule has 0 aliphatic rings. The fourth-order valence-electron chi connectivity index (χ4n) is 2.24. The predicted molar refractivity (Wildman–Crippen MR) is 73.3 cm³/mol. The summed E-state index contributed by atoms with van der Waals surface area (Å²) >= 11 is 0. The van der Waals surface area contributed by atoms with E-state index in [1.807, 2.05) is 19.9 Å². The maximum Gasteiger partial charge on any atom is 0.419 e. The zero-order chi connectivity index (χ0) is 15.8. The normalized spacial score (nSPS) is 13.3. The molecule has 0 amide bonds. The van der Waals surface area contributed by atoms with Crippen LogP contribution in [-0.4, -0.2) is 0 Å². The molecule has 0 saturated carbocycles. The predicted octanol–water partition coefficient (Wildman–Crippen LogP) is 4.51. The van der Waals surface area contributed by atoms with Crippen LogP contribution in [0.25, 0.3) is 0 Å². The molecule has 0 aromatic heterocycles. The van der Waals surface area contributed by atoms with E-state index in [-0.39, 0.29) is 5.56 Å². The molecule has 2 rings (SSSR count). The van der Waals surface area contributed by atoms with E-state index in [9.17, 15) is 17.6 Å². The summed E-state index contributed by atoms with van der Waals surface area (Å²) in [6, 6.07) is 7.61. The van der Waals surface area contributed by atoms with Gasteiger partial charge in [0.05, 0.1) is 11.6 Å². The van der Waals surface area contributed by atoms with Crippen molar-refractivity contribution < 1.29 is 17.6 Å². The first-order chi connectivity index (χ1) is 9.71. The van der Waals surface area contributed by atoms with Gasteiger partial charge in [0.25, 0.3) is 0 Å². The van der Waals surface area contributed by atoms with Gasteiger partial charge in [-0.05, 0) is 48.2 Å². The Kier molecular flexibility index (Phi) is 4.05. The molecule has 0 radical (unpaired) electrons. The molecule has 1 unspecified atom stereocenters. The Hall–Kier alpha value is -1.88. The van der Waals surface area contributed by atoms with Gasteiger partial charge in [0, 0.05) is 0 Å². The van der Waals surface area contributed by atoms with Crippen molar-refractivity contribution in [3.63, 3.8) is 0 Å². The van der Waals surface area contributed by atoms with E-state index in [1.165, 1.54) is 6.07 Å². The highest BCUT2D eigenvalue weighted by atomic mass is 19.4. The third-order valence-corrected chi connectivity index (χ3v) is 3.64. The molecule has 2 N–H and O–H groups in total. The van der Waals surface area contributed by atoms with Gasteiger partial charge in [-0.1, -0.05) is 24.3 Å². The van der Waals surface area contributed by atoms with Crippen molar-refractivity contribution in [1.82, 2.24) is 0 Å². The summed E-state index contributed by atoms with van der Waals surface area (Å²) in [6.45, 7) is 3.76. The molecular formula is C16H15F4N. The fourth-order valence-corrected chi connectivity index (χ4v) is 2.24. The Morgan fingerprint density at radius 2 is 1.71 bits per heavy atom. The summed E-state index contributed by atoms with van der Waals surface area (Å²) in [5.41, 5.74) is 7.65. The second-order valence-corrected chi connectivity index (χ2v) is 5.00. The van der Waals surface area contributed by atoms with Crippen molar-refractivity contribution in [2.45, 2.75) is 26.1 Å². The number of aryl methyl sites for hydroxylation is 1. The molecule has 0 heterocycles. The van der Waals surface area contributed by atoms with Gasteiger partial charge in [-0.3, -0.25) is 0 Å². The molecular weight excluding hydrogens is 282 g/mol. The van der Waals surface area contributed by atoms with Crippen LogP contribution < -0.4 is 5.73 Å². The summed E-state index contributed by atoms with van der Waals surface area (Å²) < 4.78 is 51.6. The van der Waals surface area contributed by atoms with Crippen molar-refractivity contribution >= 4 is 0 Å². The van der Waals surface area contributed by atoms with Crippen LogP contribution in [-0.2, 0) is 6.18 Å². The zero-order valence-electron chi connectivity index (χ0n) is 11.6. The second kappa shape index (κ2) is 5.48. The highest BCUT2D eigenvalue weighted by Gasteiger charge is 2.34. The maximum atomic E-state index is 13.3. The van der Waals surface area contributed by atoms with Gasteiger partial charge >= 0.3 is 6.18 Å². The first kappa shape index (κ1) is 15.5. The van der Waals surface area contributed by atoms with Gasteiger partial charge in [0.1, 0.15) is 5.82 Å². The van der Waals surface area contributed by atoms with Crippen molar-refractivity contribution in [1.29, 1.82) is 0 Å². The van der Waals surface area contributed by atoms with Crippen LogP contribution in [0.15, 0.2) is 36.4 Å². The lowest BCUT2D eigenvalue weighted by Gasteiger charge is -2.18. The van der Waals surface area contributed by atoms with Crippen LogP contribution in [0.5, 0.6) is 0 Å². The van der Waals surface area contributed by atoms with Crippen LogP contribution in [0, 0.1) is 19.7 Å². The summed E-state index contributed by atoms with van der Waals surface area (Å²) in [5, 5.41) is 0. The molecule has 0 fully saturated rings. The highest BCUT2D eigenvalue weighted by molar-refractivity contribution is 5.41. The molecule has 2 aromatic rings. The lowest BCUT2D eigenvalue weighted by atomic mass is 9.92. The number of nitrogens with two attached hydrogens (primary N) is 1. The average Bonchev–Trinajstić information content (AvgIpc) is 2.40. The standard InChI is InChI=1S/C16H15F4N/c1-9-4-3-5-12(10(9)2)15(21)11-6-7-14(17)13(8-11)16(18,19)20/h3-8,15H,21H2,1-2H3. The largest absolute Gasteiger partial charge is 0.419 e. The summed E-state index contributed by atoms with van der Waals surface area (Å²) in [4.78, 5) is 0. The van der Waals surface area contributed by atoms with E-state index in [1.54, 1.807) is 12.1 Å². The fraction of sp³-hybridized carbons (Fsp3) is 0.250. The number of rotatable bonds is 2. The van der Waals surface area contributed by atoms with Crippen LogP contribution in [0.2, 0.25) is 0 Å². The van der Waals surface area contributed by atoms with Crippen LogP contribution in [0.4, 0.5) is 17.6 Å². The third kappa shape index (κ3) is 3.08. The lowest BCUT2D eigenvalue weighted by Crippen LogP contribution is -2.16. The Labute approximate surface area is 120 Å². The number of halogens is 4. The Morgan fingerprint density at radius 3 is 2.33 bits per heavy atom. The molecule has 1 nitrogen and oxygen atoms in total. The number of hydrogen-bond acceptors (Lipinski definition) is 1. The third-order valence-electron chi connectivity index (χ3n) is 3.64. The topological polar surface area (TPSA) is 26.0 Å². The zero-order valence-corrected chi connectivity index (χ0v) is 11.6. The van der Waals surface area contributed by atoms with E-state index in [0.29, 0.717) is 0 Å². The van der Waals surface area contributed by atoms with Gasteiger partial charge in [-0.15, -0.1) is 0 Å². The Morgan fingerprint density at radius 1 is 1.05 bits per heavy atom. The summed E-state index contributed by atoms with van der Waals surface area (Å²) in [5.74, 6) is -1.29. The monoisotopic (exact) mass is 297 g/mol. The second-order valence-electron chi connectivity index (χ2n) is 5.00. The minimum Gasteiger partial charge on any atom is -0.320 e. The number of alkyl halides is 3. The van der Waals surface area contributed by atoms with E-state index in [2.05, 4.69) is 0 Å². The lowest BCUT2D eigenvalue weighted by molar-refractivity contribution is -0.140. The Bertz CT molecular complexity index is 662. The van der Waals surface area contributed by atoms with Crippen molar-refractivity contribution in [2.24, 2.45) is 5.73 Å². The van der Waals surface area contributed by atoms with Gasteiger partial charge in [0.2, 0.25) is 0 Å². The first-order valence-electron chi connectivity index (χ1n) is 6.40. The number of benzene rings is 2. The first-order valence-corrected chi connectivity index (χ1v) is 6.40. The average molecular weight is 297 g/mol. The van der Waals surface area contributed by atoms with Gasteiger partial charge in [-0.2, -0.15) is 13.2 Å². The van der Waals surface area contributed by atoms with Crippen molar-refractivity contribution in [3.05, 3.63) is 70.0 Å². The molecule has 0 aliphatic heterocycles. The highest BCUT2D eigenvalue weighted by Crippen LogP contribution is 2.34. The minimum absolute atomic E-state index is 0.234. The van der Waals surface area contributed by atoms with Crippen molar-refractivity contribution in [3.8, 4) is 0 Å². The van der Waals surface area contributed by atoms with E-state index < -0.39 is 23.6 Å². The molecule has 0 bridgehead atoms. The quantitative estimate of drug-likeness (QED) is 0.811. The Balaban J connectivity index is 2.49. The molecule has 21 heavy (non-hydrogen) atoms. The van der Waals surface area contributed by atoms with E-state index in [4.69, 9.17) is 5.73 Å². The molecule has 5 heteroatoms. The van der Waals surface area contributed by atoms with Gasteiger partial charge < -0.3 is 5.73 Å². The van der Waals surface area contributed by atoms with Crippen molar-refractivity contribution in [2.75, 3.05) is 0 Å². The maximum absolute atomic E-state index is 13.3. The molecule has 0 spiro atoms. The van der Waals surface area contributed by atoms with Crippen LogP contribution in [0.1, 0.15) is 33.9 Å². The number of hydrogen-bond donors (Lipinski definition) is 1. The van der Waals surface area contributed by atoms with Crippen LogP contribution in [0.3, 0.4) is 0 Å². The molecule has 112 valence electrons. The van der Waals surface area contributed by atoms with E-state index >= 15 is 0 Å². The summed E-state index contributed by atoms with van der Waals surface area (Å²) in [6.07, 6.45) is -4.73. The molecule has 0 aliphatic carbocycles. The summed E-state index contributed by atoms with van der Waals surface area (Å²) in [7, 11) is 0. The van der Waals surface area contributed by atoms with Gasteiger partial charge in [-0.25, -0.2) is 4.39 Å². The molecule has 2 aromatic carbocycles. The van der Waals surface area contributed by atoms with Gasteiger partial charge in [0.15, 0.2) is 0 Å². The van der Waals surface area contributed by atoms with E-state index in [0.717, 1.165) is 28.8 Å². The smallest absolute Gasteiger partial charge is 0.320 e. The minimum atomic E-state index is -4.73.